The van der Waals surface area contributed by atoms with Crippen molar-refractivity contribution in [2.75, 3.05) is 12.3 Å². The fourth-order valence-electron chi connectivity index (χ4n) is 3.17. The molecular formula is C24H30Cl2N2O2S. The molecule has 0 fully saturated rings. The van der Waals surface area contributed by atoms with E-state index in [0.29, 0.717) is 35.3 Å². The lowest BCUT2D eigenvalue weighted by Crippen LogP contribution is -2.49. The van der Waals surface area contributed by atoms with Crippen molar-refractivity contribution in [3.8, 4) is 0 Å². The minimum atomic E-state index is -0.491. The van der Waals surface area contributed by atoms with E-state index in [4.69, 9.17) is 23.2 Å². The molecule has 7 heteroatoms. The van der Waals surface area contributed by atoms with Crippen LogP contribution in [0.1, 0.15) is 44.2 Å². The van der Waals surface area contributed by atoms with Crippen molar-refractivity contribution >= 4 is 46.8 Å². The summed E-state index contributed by atoms with van der Waals surface area (Å²) in [7, 11) is 0. The van der Waals surface area contributed by atoms with E-state index in [1.54, 1.807) is 11.0 Å². The summed E-state index contributed by atoms with van der Waals surface area (Å²) in [6.45, 7) is 5.07. The molecule has 0 aromatic heterocycles. The van der Waals surface area contributed by atoms with Crippen LogP contribution in [0.25, 0.3) is 0 Å². The third kappa shape index (κ3) is 8.40. The van der Waals surface area contributed by atoms with E-state index >= 15 is 0 Å². The summed E-state index contributed by atoms with van der Waals surface area (Å²) in [4.78, 5) is 27.7. The van der Waals surface area contributed by atoms with E-state index in [1.807, 2.05) is 49.4 Å². The molecule has 168 valence electrons. The SMILES string of the molecule is CCCCNC(=O)[C@@H](CC)N(Cc1ccccc1)C(=O)CSCc1ccc(Cl)c(Cl)c1. The van der Waals surface area contributed by atoms with Crippen LogP contribution in [-0.2, 0) is 21.9 Å². The van der Waals surface area contributed by atoms with Gasteiger partial charge in [-0.05, 0) is 36.1 Å². The van der Waals surface area contributed by atoms with Gasteiger partial charge in [0.05, 0.1) is 15.8 Å². The first-order chi connectivity index (χ1) is 15.0. The Bertz CT molecular complexity index is 849. The molecule has 2 rings (SSSR count). The van der Waals surface area contributed by atoms with Gasteiger partial charge in [-0.3, -0.25) is 9.59 Å². The van der Waals surface area contributed by atoms with Gasteiger partial charge in [0.1, 0.15) is 6.04 Å². The molecule has 0 saturated heterocycles. The third-order valence-corrected chi connectivity index (χ3v) is 6.62. The largest absolute Gasteiger partial charge is 0.354 e. The van der Waals surface area contributed by atoms with Gasteiger partial charge in [-0.15, -0.1) is 11.8 Å². The van der Waals surface area contributed by atoms with Crippen LogP contribution in [-0.4, -0.2) is 35.1 Å². The van der Waals surface area contributed by atoms with E-state index in [0.717, 1.165) is 24.0 Å². The lowest BCUT2D eigenvalue weighted by Gasteiger charge is -2.30. The molecule has 0 heterocycles. The normalized spacial score (nSPS) is 11.7. The highest BCUT2D eigenvalue weighted by atomic mass is 35.5. The molecule has 0 radical (unpaired) electrons. The molecule has 2 aromatic rings. The molecule has 0 unspecified atom stereocenters. The Morgan fingerprint density at radius 3 is 2.42 bits per heavy atom. The monoisotopic (exact) mass is 480 g/mol. The van der Waals surface area contributed by atoms with Gasteiger partial charge < -0.3 is 10.2 Å². The van der Waals surface area contributed by atoms with E-state index in [9.17, 15) is 9.59 Å². The first-order valence-corrected chi connectivity index (χ1v) is 12.5. The average Bonchev–Trinajstić information content (AvgIpc) is 2.77. The van der Waals surface area contributed by atoms with Crippen molar-refractivity contribution in [3.05, 3.63) is 69.7 Å². The summed E-state index contributed by atoms with van der Waals surface area (Å²) in [6.07, 6.45) is 2.50. The zero-order valence-electron chi connectivity index (χ0n) is 18.1. The average molecular weight is 481 g/mol. The molecule has 0 aliphatic rings. The highest BCUT2D eigenvalue weighted by Crippen LogP contribution is 2.25. The maximum atomic E-state index is 13.2. The minimum Gasteiger partial charge on any atom is -0.354 e. The first-order valence-electron chi connectivity index (χ1n) is 10.6. The van der Waals surface area contributed by atoms with E-state index in [-0.39, 0.29) is 17.6 Å². The van der Waals surface area contributed by atoms with Crippen molar-refractivity contribution in [1.29, 1.82) is 0 Å². The zero-order chi connectivity index (χ0) is 22.6. The number of hydrogen-bond acceptors (Lipinski definition) is 3. The maximum absolute atomic E-state index is 13.2. The summed E-state index contributed by atoms with van der Waals surface area (Å²) in [5.74, 6) is 0.786. The fraction of sp³-hybridized carbons (Fsp3) is 0.417. The highest BCUT2D eigenvalue weighted by Gasteiger charge is 2.28. The van der Waals surface area contributed by atoms with Crippen LogP contribution in [0.4, 0.5) is 0 Å². The number of benzene rings is 2. The van der Waals surface area contributed by atoms with Gasteiger partial charge in [-0.2, -0.15) is 0 Å². The van der Waals surface area contributed by atoms with Gasteiger partial charge in [0.2, 0.25) is 11.8 Å². The molecule has 0 aliphatic carbocycles. The summed E-state index contributed by atoms with van der Waals surface area (Å²) < 4.78 is 0. The van der Waals surface area contributed by atoms with Gasteiger partial charge >= 0.3 is 0 Å². The summed E-state index contributed by atoms with van der Waals surface area (Å²) in [5.41, 5.74) is 2.01. The second-order valence-corrected chi connectivity index (χ2v) is 9.12. The predicted octanol–water partition coefficient (Wildman–Crippen LogP) is 5.95. The van der Waals surface area contributed by atoms with Crippen molar-refractivity contribution in [1.82, 2.24) is 10.2 Å². The second-order valence-electron chi connectivity index (χ2n) is 7.32. The Morgan fingerprint density at radius 2 is 1.77 bits per heavy atom. The van der Waals surface area contributed by atoms with Crippen molar-refractivity contribution in [2.24, 2.45) is 0 Å². The molecular weight excluding hydrogens is 451 g/mol. The number of carbonyl (C=O) groups excluding carboxylic acids is 2. The van der Waals surface area contributed by atoms with Crippen molar-refractivity contribution < 1.29 is 9.59 Å². The van der Waals surface area contributed by atoms with Crippen LogP contribution in [0.5, 0.6) is 0 Å². The van der Waals surface area contributed by atoms with Crippen LogP contribution in [0, 0.1) is 0 Å². The fourth-order valence-corrected chi connectivity index (χ4v) is 4.35. The first kappa shape index (κ1) is 25.6. The van der Waals surface area contributed by atoms with Gasteiger partial charge in [0.15, 0.2) is 0 Å². The topological polar surface area (TPSA) is 49.4 Å². The Balaban J connectivity index is 2.07. The molecule has 1 atom stereocenters. The number of rotatable bonds is 12. The molecule has 0 spiro atoms. The predicted molar refractivity (Wildman–Crippen MR) is 132 cm³/mol. The molecule has 2 aromatic carbocycles. The smallest absolute Gasteiger partial charge is 0.242 e. The molecule has 31 heavy (non-hydrogen) atoms. The van der Waals surface area contributed by atoms with Gasteiger partial charge in [0, 0.05) is 18.8 Å². The number of carbonyl (C=O) groups is 2. The molecule has 0 saturated carbocycles. The third-order valence-electron chi connectivity index (χ3n) is 4.89. The number of amides is 2. The maximum Gasteiger partial charge on any atom is 0.242 e. The Hall–Kier alpha value is -1.69. The van der Waals surface area contributed by atoms with Crippen LogP contribution in [0.2, 0.25) is 10.0 Å². The van der Waals surface area contributed by atoms with E-state index in [2.05, 4.69) is 12.2 Å². The van der Waals surface area contributed by atoms with E-state index in [1.165, 1.54) is 11.8 Å². The highest BCUT2D eigenvalue weighted by molar-refractivity contribution is 7.99. The Labute approximate surface area is 199 Å². The zero-order valence-corrected chi connectivity index (χ0v) is 20.4. The number of nitrogens with one attached hydrogen (secondary N) is 1. The molecule has 1 N–H and O–H groups in total. The van der Waals surface area contributed by atoms with Gasteiger partial charge in [0.25, 0.3) is 0 Å². The number of hydrogen-bond donors (Lipinski definition) is 1. The van der Waals surface area contributed by atoms with Gasteiger partial charge in [-0.25, -0.2) is 0 Å². The van der Waals surface area contributed by atoms with Crippen molar-refractivity contribution in [3.63, 3.8) is 0 Å². The quantitative estimate of drug-likeness (QED) is 0.381. The standard InChI is InChI=1S/C24H30Cl2N2O2S/c1-3-5-13-27-24(30)22(4-2)28(15-18-9-7-6-8-10-18)23(29)17-31-16-19-11-12-20(25)21(26)14-19/h6-12,14,22H,3-5,13,15-17H2,1-2H3,(H,27,30)/t22-/m1/s1. The molecule has 4 nitrogen and oxygen atoms in total. The summed E-state index contributed by atoms with van der Waals surface area (Å²) in [5, 5.41) is 4.00. The van der Waals surface area contributed by atoms with Gasteiger partial charge in [-0.1, -0.05) is 79.9 Å². The molecule has 0 bridgehead atoms. The summed E-state index contributed by atoms with van der Waals surface area (Å²) in [6, 6.07) is 14.8. The lowest BCUT2D eigenvalue weighted by molar-refractivity contribution is -0.139. The Morgan fingerprint density at radius 1 is 1.03 bits per heavy atom. The van der Waals surface area contributed by atoms with Crippen LogP contribution in [0.3, 0.4) is 0 Å². The minimum absolute atomic E-state index is 0.0496. The molecule has 0 aliphatic heterocycles. The second kappa shape index (κ2) is 13.7. The molecule has 2 amide bonds. The van der Waals surface area contributed by atoms with Crippen LogP contribution >= 0.6 is 35.0 Å². The Kier molecular flexibility index (Phi) is 11.3. The number of thioether (sulfide) groups is 1. The number of unbranched alkanes of at least 4 members (excludes halogenated alkanes) is 1. The number of nitrogens with zero attached hydrogens (tertiary/aromatic N) is 1. The van der Waals surface area contributed by atoms with Crippen LogP contribution in [0.15, 0.2) is 48.5 Å². The summed E-state index contributed by atoms with van der Waals surface area (Å²) >= 11 is 13.6. The lowest BCUT2D eigenvalue weighted by atomic mass is 10.1. The van der Waals surface area contributed by atoms with Crippen molar-refractivity contribution in [2.45, 2.75) is 51.4 Å². The van der Waals surface area contributed by atoms with Crippen LogP contribution < -0.4 is 5.32 Å². The number of halogens is 2. The van der Waals surface area contributed by atoms with E-state index < -0.39 is 6.04 Å².